The van der Waals surface area contributed by atoms with Gasteiger partial charge < -0.3 is 15.5 Å². The fraction of sp³-hybridized carbons (Fsp3) is 0.308. The molecule has 0 aliphatic rings. The van der Waals surface area contributed by atoms with Crippen LogP contribution in [-0.2, 0) is 16.0 Å². The molecule has 0 radical (unpaired) electrons. The van der Waals surface area contributed by atoms with Crippen LogP contribution >= 0.6 is 0 Å². The predicted octanol–water partition coefficient (Wildman–Crippen LogP) is 1.52. The highest BCUT2D eigenvalue weighted by Gasteiger charge is 2.16. The summed E-state index contributed by atoms with van der Waals surface area (Å²) in [5.41, 5.74) is 9.05. The van der Waals surface area contributed by atoms with E-state index in [0.717, 1.165) is 16.5 Å². The van der Waals surface area contributed by atoms with Gasteiger partial charge in [-0.1, -0.05) is 11.6 Å². The lowest BCUT2D eigenvalue weighted by Crippen LogP contribution is -2.33. The molecule has 0 bridgehead atoms. The summed E-state index contributed by atoms with van der Waals surface area (Å²) in [6.07, 6.45) is 2.38. The van der Waals surface area contributed by atoms with Crippen molar-refractivity contribution in [2.45, 2.75) is 19.4 Å². The number of fused-ring (bicyclic) bond motifs is 1. The van der Waals surface area contributed by atoms with Crippen molar-refractivity contribution in [3.8, 4) is 0 Å². The van der Waals surface area contributed by atoms with Gasteiger partial charge in [0.1, 0.15) is 6.04 Å². The Balaban J connectivity index is 2.30. The van der Waals surface area contributed by atoms with Crippen LogP contribution in [0.3, 0.4) is 0 Å². The quantitative estimate of drug-likeness (QED) is 0.788. The van der Waals surface area contributed by atoms with Gasteiger partial charge in [0.2, 0.25) is 0 Å². The summed E-state index contributed by atoms with van der Waals surface area (Å²) in [6.45, 7) is 2.04. The molecule has 0 amide bonds. The maximum Gasteiger partial charge on any atom is 0.322 e. The van der Waals surface area contributed by atoms with Gasteiger partial charge >= 0.3 is 5.97 Å². The van der Waals surface area contributed by atoms with E-state index in [2.05, 4.69) is 15.8 Å². The average molecular weight is 232 g/mol. The minimum absolute atomic E-state index is 0.382. The number of rotatable bonds is 3. The highest BCUT2D eigenvalue weighted by molar-refractivity contribution is 5.85. The van der Waals surface area contributed by atoms with E-state index in [1.165, 1.54) is 12.7 Å². The van der Waals surface area contributed by atoms with Gasteiger partial charge in [-0.15, -0.1) is 0 Å². The molecule has 0 aliphatic heterocycles. The van der Waals surface area contributed by atoms with Gasteiger partial charge in [0.05, 0.1) is 7.11 Å². The molecule has 0 saturated carbocycles. The van der Waals surface area contributed by atoms with Crippen LogP contribution < -0.4 is 5.73 Å². The first-order valence-corrected chi connectivity index (χ1v) is 5.52. The standard InChI is InChI=1S/C13H16N2O2/c1-8-3-4-12-10(5-8)9(7-15-12)6-11(14)13(16)17-2/h3-5,7,11,15H,6,14H2,1-2H3. The van der Waals surface area contributed by atoms with E-state index >= 15 is 0 Å². The predicted molar refractivity (Wildman–Crippen MR) is 66.7 cm³/mol. The smallest absolute Gasteiger partial charge is 0.322 e. The maximum atomic E-state index is 11.3. The summed E-state index contributed by atoms with van der Waals surface area (Å²) in [6, 6.07) is 5.55. The Morgan fingerprint density at radius 2 is 2.29 bits per heavy atom. The van der Waals surface area contributed by atoms with Crippen molar-refractivity contribution in [2.75, 3.05) is 7.11 Å². The van der Waals surface area contributed by atoms with Gasteiger partial charge in [0.15, 0.2) is 0 Å². The number of hydrogen-bond donors (Lipinski definition) is 2. The Kier molecular flexibility index (Phi) is 3.15. The number of aromatic nitrogens is 1. The van der Waals surface area contributed by atoms with Crippen LogP contribution in [0.2, 0.25) is 0 Å². The number of nitrogens with two attached hydrogens (primary N) is 1. The summed E-state index contributed by atoms with van der Waals surface area (Å²) in [5, 5.41) is 1.12. The largest absolute Gasteiger partial charge is 0.468 e. The minimum atomic E-state index is -0.612. The second-order valence-electron chi connectivity index (χ2n) is 4.20. The van der Waals surface area contributed by atoms with E-state index in [1.807, 2.05) is 25.3 Å². The summed E-state index contributed by atoms with van der Waals surface area (Å²) >= 11 is 0. The molecule has 17 heavy (non-hydrogen) atoms. The lowest BCUT2D eigenvalue weighted by atomic mass is 10.0. The van der Waals surface area contributed by atoms with E-state index in [9.17, 15) is 4.79 Å². The number of carbonyl (C=O) groups excluding carboxylic acids is 1. The fourth-order valence-corrected chi connectivity index (χ4v) is 1.93. The molecule has 2 rings (SSSR count). The molecule has 1 atom stereocenters. The second-order valence-corrected chi connectivity index (χ2v) is 4.20. The van der Waals surface area contributed by atoms with Crippen molar-refractivity contribution < 1.29 is 9.53 Å². The Morgan fingerprint density at radius 3 is 3.00 bits per heavy atom. The van der Waals surface area contributed by atoms with Gasteiger partial charge in [0.25, 0.3) is 0 Å². The van der Waals surface area contributed by atoms with Crippen molar-refractivity contribution >= 4 is 16.9 Å². The van der Waals surface area contributed by atoms with Crippen molar-refractivity contribution in [2.24, 2.45) is 5.73 Å². The van der Waals surface area contributed by atoms with Crippen LogP contribution in [0.25, 0.3) is 10.9 Å². The number of aryl methyl sites for hydroxylation is 1. The average Bonchev–Trinajstić information content (AvgIpc) is 2.71. The third-order valence-electron chi connectivity index (χ3n) is 2.87. The number of benzene rings is 1. The summed E-state index contributed by atoms with van der Waals surface area (Å²) < 4.78 is 4.62. The van der Waals surface area contributed by atoms with Gasteiger partial charge in [-0.25, -0.2) is 0 Å². The molecule has 1 unspecified atom stereocenters. The summed E-state index contributed by atoms with van der Waals surface area (Å²) in [4.78, 5) is 14.5. The first-order valence-electron chi connectivity index (χ1n) is 5.52. The monoisotopic (exact) mass is 232 g/mol. The zero-order valence-corrected chi connectivity index (χ0v) is 9.99. The van der Waals surface area contributed by atoms with E-state index < -0.39 is 6.04 Å². The third kappa shape index (κ3) is 2.31. The molecule has 0 aliphatic carbocycles. The molecule has 2 aromatic rings. The molecule has 0 fully saturated rings. The number of methoxy groups -OCH3 is 1. The topological polar surface area (TPSA) is 68.1 Å². The molecule has 4 heteroatoms. The first-order chi connectivity index (χ1) is 8.11. The van der Waals surface area contributed by atoms with Crippen LogP contribution in [0.4, 0.5) is 0 Å². The minimum Gasteiger partial charge on any atom is -0.468 e. The molecule has 1 aromatic heterocycles. The Labute approximate surface area is 99.8 Å². The fourth-order valence-electron chi connectivity index (χ4n) is 1.93. The van der Waals surface area contributed by atoms with Gasteiger partial charge in [-0.3, -0.25) is 4.79 Å². The van der Waals surface area contributed by atoms with Crippen LogP contribution in [-0.4, -0.2) is 24.1 Å². The summed E-state index contributed by atoms with van der Waals surface area (Å²) in [7, 11) is 1.35. The zero-order chi connectivity index (χ0) is 12.4. The number of aromatic amines is 1. The third-order valence-corrected chi connectivity index (χ3v) is 2.87. The number of ether oxygens (including phenoxy) is 1. The Morgan fingerprint density at radius 1 is 1.53 bits per heavy atom. The number of nitrogens with one attached hydrogen (secondary N) is 1. The number of hydrogen-bond acceptors (Lipinski definition) is 3. The molecule has 4 nitrogen and oxygen atoms in total. The molecule has 3 N–H and O–H groups in total. The first kappa shape index (κ1) is 11.7. The number of carbonyl (C=O) groups is 1. The van der Waals surface area contributed by atoms with Crippen molar-refractivity contribution in [1.82, 2.24) is 4.98 Å². The SMILES string of the molecule is COC(=O)C(N)Cc1c[nH]c2ccc(C)cc12. The number of H-pyrrole nitrogens is 1. The molecular formula is C13H16N2O2. The van der Waals surface area contributed by atoms with E-state index in [1.54, 1.807) is 0 Å². The lowest BCUT2D eigenvalue weighted by molar-refractivity contribution is -0.142. The maximum absolute atomic E-state index is 11.3. The van der Waals surface area contributed by atoms with Crippen molar-refractivity contribution in [3.05, 3.63) is 35.5 Å². The van der Waals surface area contributed by atoms with Crippen molar-refractivity contribution in [3.63, 3.8) is 0 Å². The lowest BCUT2D eigenvalue weighted by Gasteiger charge is -2.08. The second kappa shape index (κ2) is 4.59. The van der Waals surface area contributed by atoms with Gasteiger partial charge in [-0.2, -0.15) is 0 Å². The van der Waals surface area contributed by atoms with Crippen LogP contribution in [0.1, 0.15) is 11.1 Å². The van der Waals surface area contributed by atoms with E-state index in [4.69, 9.17) is 5.73 Å². The Hall–Kier alpha value is -1.81. The normalized spacial score (nSPS) is 12.6. The molecule has 1 aromatic carbocycles. The molecular weight excluding hydrogens is 216 g/mol. The van der Waals surface area contributed by atoms with Gasteiger partial charge in [-0.05, 0) is 24.6 Å². The van der Waals surface area contributed by atoms with Crippen LogP contribution in [0, 0.1) is 6.92 Å². The molecule has 0 spiro atoms. The molecule has 1 heterocycles. The van der Waals surface area contributed by atoms with Crippen LogP contribution in [0.15, 0.2) is 24.4 Å². The van der Waals surface area contributed by atoms with Crippen molar-refractivity contribution in [1.29, 1.82) is 0 Å². The van der Waals surface area contributed by atoms with Gasteiger partial charge in [0, 0.05) is 23.5 Å². The van der Waals surface area contributed by atoms with Crippen LogP contribution in [0.5, 0.6) is 0 Å². The highest BCUT2D eigenvalue weighted by atomic mass is 16.5. The Bertz CT molecular complexity index is 545. The van der Waals surface area contributed by atoms with E-state index in [-0.39, 0.29) is 5.97 Å². The molecule has 0 saturated heterocycles. The summed E-state index contributed by atoms with van der Waals surface area (Å²) in [5.74, 6) is -0.382. The number of esters is 1. The van der Waals surface area contributed by atoms with E-state index in [0.29, 0.717) is 6.42 Å². The molecule has 90 valence electrons. The zero-order valence-electron chi connectivity index (χ0n) is 9.99. The highest BCUT2D eigenvalue weighted by Crippen LogP contribution is 2.20.